The topological polar surface area (TPSA) is 117 Å². The molecule has 4 aromatic rings. The summed E-state index contributed by atoms with van der Waals surface area (Å²) in [6.07, 6.45) is 13.4. The van der Waals surface area contributed by atoms with Crippen LogP contribution in [0, 0.1) is 0 Å². The number of hydrogen-bond acceptors (Lipinski definition) is 7. The minimum absolute atomic E-state index is 0.167. The molecule has 1 atom stereocenters. The molecule has 0 fully saturated rings. The SMILES string of the molecule is CCCCCCCCc1cnc(-c2ccc(S(=O)(=O)Nc3ccc(CCNCC(O)c4cccnc4)cc3)cc2)o1. The summed E-state index contributed by atoms with van der Waals surface area (Å²) >= 11 is 0. The fourth-order valence-electron chi connectivity index (χ4n) is 4.53. The first-order chi connectivity index (χ1) is 19.9. The molecule has 2 aromatic carbocycles. The summed E-state index contributed by atoms with van der Waals surface area (Å²) in [4.78, 5) is 8.57. The van der Waals surface area contributed by atoms with Crippen molar-refractivity contribution in [2.45, 2.75) is 69.3 Å². The highest BCUT2D eigenvalue weighted by Crippen LogP contribution is 2.24. The van der Waals surface area contributed by atoms with Gasteiger partial charge in [-0.25, -0.2) is 13.4 Å². The first kappa shape index (κ1) is 30.4. The molecule has 0 spiro atoms. The number of oxazole rings is 1. The Hall–Kier alpha value is -3.53. The molecule has 0 aliphatic carbocycles. The monoisotopic (exact) mass is 576 g/mol. The Kier molecular flexibility index (Phi) is 11.5. The lowest BCUT2D eigenvalue weighted by Crippen LogP contribution is -2.23. The molecule has 218 valence electrons. The first-order valence-corrected chi connectivity index (χ1v) is 15.9. The van der Waals surface area contributed by atoms with E-state index in [9.17, 15) is 13.5 Å². The van der Waals surface area contributed by atoms with Crippen LogP contribution in [0.2, 0.25) is 0 Å². The lowest BCUT2D eigenvalue weighted by molar-refractivity contribution is 0.174. The maximum Gasteiger partial charge on any atom is 0.261 e. The van der Waals surface area contributed by atoms with Gasteiger partial charge in [0, 0.05) is 42.2 Å². The minimum atomic E-state index is -3.74. The van der Waals surface area contributed by atoms with Gasteiger partial charge < -0.3 is 14.8 Å². The van der Waals surface area contributed by atoms with Crippen LogP contribution < -0.4 is 10.0 Å². The van der Waals surface area contributed by atoms with Crippen LogP contribution in [0.5, 0.6) is 0 Å². The van der Waals surface area contributed by atoms with Gasteiger partial charge in [-0.3, -0.25) is 9.71 Å². The normalized spacial score (nSPS) is 12.3. The van der Waals surface area contributed by atoms with Crippen molar-refractivity contribution in [3.8, 4) is 11.5 Å². The molecule has 4 rings (SSSR count). The number of nitrogens with one attached hydrogen (secondary N) is 2. The van der Waals surface area contributed by atoms with Gasteiger partial charge in [0.25, 0.3) is 10.0 Å². The number of rotatable bonds is 17. The summed E-state index contributed by atoms with van der Waals surface area (Å²) in [6.45, 7) is 3.33. The summed E-state index contributed by atoms with van der Waals surface area (Å²) in [5.74, 6) is 1.36. The molecule has 2 heterocycles. The average molecular weight is 577 g/mol. The Bertz CT molecular complexity index is 1420. The molecule has 0 radical (unpaired) electrons. The number of aliphatic hydroxyl groups excluding tert-OH is 1. The predicted molar refractivity (Wildman–Crippen MR) is 162 cm³/mol. The molecule has 41 heavy (non-hydrogen) atoms. The number of hydrogen-bond donors (Lipinski definition) is 3. The number of unbranched alkanes of at least 4 members (excludes halogenated alkanes) is 5. The third-order valence-electron chi connectivity index (χ3n) is 6.95. The molecule has 0 bridgehead atoms. The number of aryl methyl sites for hydroxylation is 1. The molecule has 2 aromatic heterocycles. The highest BCUT2D eigenvalue weighted by Gasteiger charge is 2.15. The molecule has 0 saturated heterocycles. The number of aliphatic hydroxyl groups is 1. The van der Waals surface area contributed by atoms with Gasteiger partial charge in [0.15, 0.2) is 0 Å². The van der Waals surface area contributed by atoms with Crippen LogP contribution in [0.3, 0.4) is 0 Å². The summed E-state index contributed by atoms with van der Waals surface area (Å²) in [7, 11) is -3.74. The molecule has 0 amide bonds. The number of anilines is 1. The van der Waals surface area contributed by atoms with E-state index < -0.39 is 16.1 Å². The van der Waals surface area contributed by atoms with Gasteiger partial charge in [-0.1, -0.05) is 57.2 Å². The Morgan fingerprint density at radius 3 is 2.39 bits per heavy atom. The van der Waals surface area contributed by atoms with Crippen molar-refractivity contribution in [2.24, 2.45) is 0 Å². The molecule has 0 aliphatic rings. The molecule has 0 saturated carbocycles. The molecular weight excluding hydrogens is 536 g/mol. The van der Waals surface area contributed by atoms with Gasteiger partial charge in [0.2, 0.25) is 5.89 Å². The van der Waals surface area contributed by atoms with E-state index in [2.05, 4.69) is 26.9 Å². The van der Waals surface area contributed by atoms with E-state index in [4.69, 9.17) is 4.42 Å². The van der Waals surface area contributed by atoms with E-state index in [1.54, 1.807) is 61.1 Å². The van der Waals surface area contributed by atoms with Crippen LogP contribution in [0.1, 0.15) is 68.4 Å². The zero-order valence-corrected chi connectivity index (χ0v) is 24.4. The van der Waals surface area contributed by atoms with Crippen LogP contribution in [-0.2, 0) is 22.9 Å². The summed E-state index contributed by atoms with van der Waals surface area (Å²) in [5.41, 5.74) is 3.06. The number of sulfonamides is 1. The standard InChI is InChI=1S/C32H40N4O4S/c1-2-3-4-5-6-7-10-29-23-35-32(40-29)26-13-17-30(18-14-26)41(38,39)36-28-15-11-25(12-16-28)19-21-34-24-31(37)27-9-8-20-33-22-27/h8-9,11-18,20,22-23,31,34,36-37H,2-7,10,19,21,24H2,1H3. The van der Waals surface area contributed by atoms with Gasteiger partial charge in [-0.15, -0.1) is 0 Å². The Morgan fingerprint density at radius 1 is 0.902 bits per heavy atom. The van der Waals surface area contributed by atoms with Crippen molar-refractivity contribution in [3.05, 3.63) is 96.1 Å². The second kappa shape index (κ2) is 15.5. The average Bonchev–Trinajstić information content (AvgIpc) is 3.47. The lowest BCUT2D eigenvalue weighted by atomic mass is 10.1. The van der Waals surface area contributed by atoms with Crippen LogP contribution in [-0.4, -0.2) is 36.6 Å². The first-order valence-electron chi connectivity index (χ1n) is 14.4. The van der Waals surface area contributed by atoms with Gasteiger partial charge in [0.05, 0.1) is 17.2 Å². The van der Waals surface area contributed by atoms with E-state index in [1.807, 2.05) is 18.2 Å². The second-order valence-electron chi connectivity index (χ2n) is 10.2. The summed E-state index contributed by atoms with van der Waals surface area (Å²) in [5, 5.41) is 13.5. The summed E-state index contributed by atoms with van der Waals surface area (Å²) in [6, 6.07) is 17.5. The maximum atomic E-state index is 13.0. The number of benzene rings is 2. The van der Waals surface area contributed by atoms with Crippen LogP contribution >= 0.6 is 0 Å². The quantitative estimate of drug-likeness (QED) is 0.126. The number of aromatic nitrogens is 2. The fourth-order valence-corrected chi connectivity index (χ4v) is 5.59. The maximum absolute atomic E-state index is 13.0. The van der Waals surface area contributed by atoms with E-state index >= 15 is 0 Å². The van der Waals surface area contributed by atoms with Crippen LogP contribution in [0.15, 0.2) is 88.6 Å². The van der Waals surface area contributed by atoms with Crippen molar-refractivity contribution in [2.75, 3.05) is 17.8 Å². The summed E-state index contributed by atoms with van der Waals surface area (Å²) < 4.78 is 34.5. The Morgan fingerprint density at radius 2 is 1.66 bits per heavy atom. The second-order valence-corrected chi connectivity index (χ2v) is 11.9. The van der Waals surface area contributed by atoms with Crippen molar-refractivity contribution >= 4 is 15.7 Å². The van der Waals surface area contributed by atoms with Gasteiger partial charge >= 0.3 is 0 Å². The van der Waals surface area contributed by atoms with E-state index in [0.717, 1.165) is 41.7 Å². The highest BCUT2D eigenvalue weighted by molar-refractivity contribution is 7.92. The molecule has 0 aliphatic heterocycles. The number of nitrogens with zero attached hydrogens (tertiary/aromatic N) is 2. The predicted octanol–water partition coefficient (Wildman–Crippen LogP) is 6.31. The Labute approximate surface area is 243 Å². The third kappa shape index (κ3) is 9.52. The molecule has 1 unspecified atom stereocenters. The minimum Gasteiger partial charge on any atom is -0.441 e. The fraction of sp³-hybridized carbons (Fsp3) is 0.375. The lowest BCUT2D eigenvalue weighted by Gasteiger charge is -2.12. The van der Waals surface area contributed by atoms with Gasteiger partial charge in [-0.05, 0) is 67.4 Å². The third-order valence-corrected chi connectivity index (χ3v) is 8.34. The Balaban J connectivity index is 1.23. The molecule has 3 N–H and O–H groups in total. The molecule has 9 heteroatoms. The van der Waals surface area contributed by atoms with Crippen LogP contribution in [0.4, 0.5) is 5.69 Å². The highest BCUT2D eigenvalue weighted by atomic mass is 32.2. The van der Waals surface area contributed by atoms with E-state index in [1.165, 1.54) is 32.1 Å². The van der Waals surface area contributed by atoms with Crippen molar-refractivity contribution in [1.29, 1.82) is 0 Å². The van der Waals surface area contributed by atoms with Crippen LogP contribution in [0.25, 0.3) is 11.5 Å². The van der Waals surface area contributed by atoms with E-state index in [-0.39, 0.29) is 4.90 Å². The van der Waals surface area contributed by atoms with Gasteiger partial charge in [0.1, 0.15) is 5.76 Å². The van der Waals surface area contributed by atoms with Gasteiger partial charge in [-0.2, -0.15) is 0 Å². The number of pyridine rings is 1. The zero-order valence-electron chi connectivity index (χ0n) is 23.6. The molecular formula is C32H40N4O4S. The van der Waals surface area contributed by atoms with Crippen molar-refractivity contribution in [1.82, 2.24) is 15.3 Å². The largest absolute Gasteiger partial charge is 0.441 e. The van der Waals surface area contributed by atoms with E-state index in [0.29, 0.717) is 24.7 Å². The smallest absolute Gasteiger partial charge is 0.261 e. The van der Waals surface area contributed by atoms with Crippen molar-refractivity contribution in [3.63, 3.8) is 0 Å². The zero-order chi connectivity index (χ0) is 28.9. The van der Waals surface area contributed by atoms with Crippen molar-refractivity contribution < 1.29 is 17.9 Å². The molecule has 8 nitrogen and oxygen atoms in total.